The van der Waals surface area contributed by atoms with Gasteiger partial charge in [-0.1, -0.05) is 0 Å². The molecule has 1 saturated heterocycles. The van der Waals surface area contributed by atoms with E-state index < -0.39 is 46.6 Å². The number of carbonyl (C=O) groups is 1. The maximum absolute atomic E-state index is 12.1. The number of hydrogen-bond acceptors (Lipinski definition) is 8. The first-order valence-corrected chi connectivity index (χ1v) is 8.83. The van der Waals surface area contributed by atoms with Crippen LogP contribution < -0.4 is 10.5 Å². The van der Waals surface area contributed by atoms with Crippen LogP contribution in [0, 0.1) is 0 Å². The van der Waals surface area contributed by atoms with Gasteiger partial charge in [0.1, 0.15) is 24.4 Å². The van der Waals surface area contributed by atoms with Gasteiger partial charge in [-0.05, 0) is 24.3 Å². The minimum absolute atomic E-state index is 0.130. The van der Waals surface area contributed by atoms with Crippen LogP contribution in [-0.4, -0.2) is 74.0 Å². The number of ether oxygens (including phenoxy) is 2. The van der Waals surface area contributed by atoms with Crippen molar-refractivity contribution in [1.82, 2.24) is 5.32 Å². The van der Waals surface area contributed by atoms with Crippen LogP contribution in [0.4, 0.5) is 0 Å². The van der Waals surface area contributed by atoms with E-state index in [0.29, 0.717) is 0 Å². The van der Waals surface area contributed by atoms with Gasteiger partial charge >= 0.3 is 0 Å². The molecule has 1 aliphatic rings. The van der Waals surface area contributed by atoms with Crippen LogP contribution in [-0.2, 0) is 19.5 Å². The Hall–Kier alpha value is -1.60. The van der Waals surface area contributed by atoms with Crippen LogP contribution >= 0.6 is 0 Å². The van der Waals surface area contributed by atoms with Gasteiger partial charge in [-0.15, -0.1) is 0 Å². The normalized spacial score (nSPS) is 30.0. The summed E-state index contributed by atoms with van der Waals surface area (Å²) in [4.78, 5) is 12.0. The number of sulfonamides is 1. The lowest BCUT2D eigenvalue weighted by Crippen LogP contribution is -2.60. The van der Waals surface area contributed by atoms with Crippen molar-refractivity contribution in [2.45, 2.75) is 35.6 Å². The maximum Gasteiger partial charge on any atom is 0.251 e. The molecule has 0 aromatic heterocycles. The van der Waals surface area contributed by atoms with E-state index in [1.165, 1.54) is 31.4 Å². The first-order valence-electron chi connectivity index (χ1n) is 7.28. The van der Waals surface area contributed by atoms with Gasteiger partial charge in [-0.3, -0.25) is 4.79 Å². The van der Waals surface area contributed by atoms with Crippen LogP contribution in [0.2, 0.25) is 0 Å². The molecule has 0 radical (unpaired) electrons. The molecule has 0 bridgehead atoms. The van der Waals surface area contributed by atoms with E-state index in [1.54, 1.807) is 0 Å². The molecule has 1 aromatic carbocycles. The molecule has 11 heteroatoms. The molecule has 0 spiro atoms. The van der Waals surface area contributed by atoms with Gasteiger partial charge in [0.2, 0.25) is 10.0 Å². The third-order valence-electron chi connectivity index (χ3n) is 3.81. The van der Waals surface area contributed by atoms with E-state index in [-0.39, 0.29) is 17.0 Å². The van der Waals surface area contributed by atoms with Crippen LogP contribution in [0.25, 0.3) is 0 Å². The highest BCUT2D eigenvalue weighted by Crippen LogP contribution is 2.21. The number of amides is 1. The SMILES string of the molecule is CO[C@@H]1O[C@H](CNC(=O)c2ccc(S(N)(=O)=O)cc2)[C@@H](O)[C@H](O)[C@H]1O. The van der Waals surface area contributed by atoms with Gasteiger partial charge in [0.05, 0.1) is 4.90 Å². The zero-order valence-corrected chi connectivity index (χ0v) is 14.1. The zero-order valence-electron chi connectivity index (χ0n) is 13.3. The third-order valence-corrected chi connectivity index (χ3v) is 4.74. The number of nitrogens with one attached hydrogen (secondary N) is 1. The minimum atomic E-state index is -3.85. The molecule has 10 nitrogen and oxygen atoms in total. The fraction of sp³-hybridized carbons (Fsp3) is 0.500. The molecule has 25 heavy (non-hydrogen) atoms. The third kappa shape index (κ3) is 4.52. The Morgan fingerprint density at radius 1 is 1.20 bits per heavy atom. The highest BCUT2D eigenvalue weighted by atomic mass is 32.2. The second-order valence-corrected chi connectivity index (χ2v) is 7.09. The summed E-state index contributed by atoms with van der Waals surface area (Å²) in [7, 11) is -2.59. The van der Waals surface area contributed by atoms with E-state index in [2.05, 4.69) is 5.32 Å². The number of aliphatic hydroxyl groups excluding tert-OH is 3. The lowest BCUT2D eigenvalue weighted by atomic mass is 9.99. The molecule has 6 N–H and O–H groups in total. The number of benzene rings is 1. The largest absolute Gasteiger partial charge is 0.388 e. The smallest absolute Gasteiger partial charge is 0.251 e. The zero-order chi connectivity index (χ0) is 18.8. The number of primary sulfonamides is 1. The highest BCUT2D eigenvalue weighted by Gasteiger charge is 2.43. The first kappa shape index (κ1) is 19.7. The summed E-state index contributed by atoms with van der Waals surface area (Å²) < 4.78 is 32.5. The standard InChI is InChI=1S/C14H20N2O8S/c1-23-14-12(19)11(18)10(17)9(24-14)6-16-13(20)7-2-4-8(5-3-7)25(15,21)22/h2-5,9-12,14,17-19H,6H2,1H3,(H,16,20)(H2,15,21,22)/t9-,10-,11+,12-,14-/m1/s1. The summed E-state index contributed by atoms with van der Waals surface area (Å²) >= 11 is 0. The molecule has 1 aliphatic heterocycles. The number of aliphatic hydroxyl groups is 3. The molecular formula is C14H20N2O8S. The summed E-state index contributed by atoms with van der Waals surface area (Å²) in [6, 6.07) is 4.95. The number of carbonyl (C=O) groups excluding carboxylic acids is 1. The predicted octanol–water partition coefficient (Wildman–Crippen LogP) is -2.48. The van der Waals surface area contributed by atoms with E-state index in [1.807, 2.05) is 0 Å². The Bertz CT molecular complexity index is 706. The van der Waals surface area contributed by atoms with Crippen molar-refractivity contribution < 1.29 is 38.0 Å². The summed E-state index contributed by atoms with van der Waals surface area (Å²) in [5.41, 5.74) is 0.168. The second-order valence-electron chi connectivity index (χ2n) is 5.53. The number of rotatable bonds is 5. The quantitative estimate of drug-likeness (QED) is 0.376. The van der Waals surface area contributed by atoms with Gasteiger partial charge in [0.25, 0.3) is 5.91 Å². The lowest BCUT2D eigenvalue weighted by molar-refractivity contribution is -0.288. The topological polar surface area (TPSA) is 168 Å². The van der Waals surface area contributed by atoms with Crippen molar-refractivity contribution in [2.24, 2.45) is 5.14 Å². The summed E-state index contributed by atoms with van der Waals surface area (Å²) in [6.07, 6.45) is -6.48. The van der Waals surface area contributed by atoms with Gasteiger partial charge in [-0.25, -0.2) is 13.6 Å². The summed E-state index contributed by atoms with van der Waals surface area (Å²) in [5.74, 6) is -0.550. The summed E-state index contributed by atoms with van der Waals surface area (Å²) in [5, 5.41) is 36.8. The average molecular weight is 376 g/mol. The molecule has 1 fully saturated rings. The van der Waals surface area contributed by atoms with Crippen molar-refractivity contribution in [3.8, 4) is 0 Å². The predicted molar refractivity (Wildman–Crippen MR) is 83.8 cm³/mol. The van der Waals surface area contributed by atoms with Gasteiger partial charge < -0.3 is 30.1 Å². The molecule has 5 atom stereocenters. The summed E-state index contributed by atoms with van der Waals surface area (Å²) in [6.45, 7) is -0.166. The maximum atomic E-state index is 12.1. The van der Waals surface area contributed by atoms with Crippen molar-refractivity contribution >= 4 is 15.9 Å². The fourth-order valence-electron chi connectivity index (χ4n) is 2.37. The van der Waals surface area contributed by atoms with E-state index in [9.17, 15) is 28.5 Å². The van der Waals surface area contributed by atoms with Crippen molar-refractivity contribution in [2.75, 3.05) is 13.7 Å². The molecule has 1 aromatic rings. The van der Waals surface area contributed by atoms with Crippen LogP contribution in [0.3, 0.4) is 0 Å². The highest BCUT2D eigenvalue weighted by molar-refractivity contribution is 7.89. The molecule has 0 aliphatic carbocycles. The molecule has 2 rings (SSSR count). The molecule has 0 unspecified atom stereocenters. The Labute approximate surface area is 144 Å². The average Bonchev–Trinajstić information content (AvgIpc) is 2.58. The Kier molecular flexibility index (Phi) is 6.11. The number of methoxy groups -OCH3 is 1. The monoisotopic (exact) mass is 376 g/mol. The second kappa shape index (κ2) is 7.74. The molecule has 1 heterocycles. The first-order chi connectivity index (χ1) is 11.6. The Balaban J connectivity index is 1.99. The number of nitrogens with two attached hydrogens (primary N) is 1. The van der Waals surface area contributed by atoms with Gasteiger partial charge in [-0.2, -0.15) is 0 Å². The Morgan fingerprint density at radius 3 is 2.32 bits per heavy atom. The van der Waals surface area contributed by atoms with Crippen molar-refractivity contribution in [1.29, 1.82) is 0 Å². The Morgan fingerprint density at radius 2 is 1.80 bits per heavy atom. The van der Waals surface area contributed by atoms with Crippen molar-refractivity contribution in [3.05, 3.63) is 29.8 Å². The van der Waals surface area contributed by atoms with Gasteiger partial charge in [0, 0.05) is 19.2 Å². The fourth-order valence-corrected chi connectivity index (χ4v) is 2.89. The molecule has 140 valence electrons. The van der Waals surface area contributed by atoms with Crippen molar-refractivity contribution in [3.63, 3.8) is 0 Å². The van der Waals surface area contributed by atoms with E-state index in [0.717, 1.165) is 0 Å². The number of hydrogen-bond donors (Lipinski definition) is 5. The van der Waals surface area contributed by atoms with Crippen LogP contribution in [0.1, 0.15) is 10.4 Å². The molecule has 0 saturated carbocycles. The molecular weight excluding hydrogens is 356 g/mol. The van der Waals surface area contributed by atoms with Crippen LogP contribution in [0.15, 0.2) is 29.2 Å². The lowest BCUT2D eigenvalue weighted by Gasteiger charge is -2.39. The van der Waals surface area contributed by atoms with E-state index >= 15 is 0 Å². The van der Waals surface area contributed by atoms with Gasteiger partial charge in [0.15, 0.2) is 6.29 Å². The van der Waals surface area contributed by atoms with E-state index in [4.69, 9.17) is 14.6 Å². The van der Waals surface area contributed by atoms with Crippen LogP contribution in [0.5, 0.6) is 0 Å². The minimum Gasteiger partial charge on any atom is -0.388 e. The molecule has 1 amide bonds.